The van der Waals surface area contributed by atoms with Gasteiger partial charge in [-0.3, -0.25) is 0 Å². The predicted octanol–water partition coefficient (Wildman–Crippen LogP) is 6.52. The van der Waals surface area contributed by atoms with Gasteiger partial charge in [0.05, 0.1) is 0 Å². The van der Waals surface area contributed by atoms with E-state index in [1.54, 1.807) is 6.92 Å². The first-order chi connectivity index (χ1) is 13.6. The van der Waals surface area contributed by atoms with Crippen molar-refractivity contribution in [3.8, 4) is 0 Å². The molecule has 0 rings (SSSR count). The Labute approximate surface area is 175 Å². The molecule has 0 aliphatic rings. The molecule has 0 saturated carbocycles. The van der Waals surface area contributed by atoms with Crippen molar-refractivity contribution in [1.29, 1.82) is 0 Å². The molecule has 0 spiro atoms. The molecule has 3 nitrogen and oxygen atoms in total. The monoisotopic (exact) mass is 406 g/mol. The number of carboxylic acid groups (broad SMARTS) is 1. The minimum atomic E-state index is -1.25. The van der Waals surface area contributed by atoms with Gasteiger partial charge in [0.25, 0.3) is 0 Å². The lowest BCUT2D eigenvalue weighted by molar-refractivity contribution is -0.136. The van der Waals surface area contributed by atoms with Crippen molar-refractivity contribution >= 4 is 17.1 Å². The first-order valence-electron chi connectivity index (χ1n) is 10.5. The van der Waals surface area contributed by atoms with E-state index in [4.69, 9.17) is 5.11 Å². The van der Waals surface area contributed by atoms with Crippen molar-refractivity contribution in [3.63, 3.8) is 0 Å². The Kier molecular flexibility index (Phi) is 19.1. The smallest absolute Gasteiger partial charge is 0.357 e. The molecule has 158 valence electrons. The number of hydrogen-bond acceptors (Lipinski definition) is 2. The van der Waals surface area contributed by atoms with Crippen LogP contribution >= 0.6 is 0 Å². The van der Waals surface area contributed by atoms with E-state index in [1.165, 1.54) is 0 Å². The molecular weight excluding hydrogens is 368 g/mol. The molecule has 1 N–H and O–H groups in total. The number of carbonyl (C=O) groups is 1. The van der Waals surface area contributed by atoms with Gasteiger partial charge in [0.2, 0.25) is 5.25 Å². The standard InChI is InChI=1S/C24H38O3S/c1-3-5-6-7-8-9-10-11-12-13-14-15-16-17-18-19-20-21-22-28(27)23(4-2)24(25)26/h5-6,8-9,11-12,14-15,17-18,23H,3-4,7,10,13,16,19-22H2,1-2H3,(H,25,26)/b6-5-,9-8-,12-11-,15-14-,18-17-. The summed E-state index contributed by atoms with van der Waals surface area (Å²) in [6, 6.07) is 0. The molecule has 0 aromatic heterocycles. The molecule has 0 aromatic carbocycles. The first kappa shape index (κ1) is 26.5. The zero-order valence-electron chi connectivity index (χ0n) is 17.6. The normalized spacial score (nSPS) is 15.0. The van der Waals surface area contributed by atoms with E-state index < -0.39 is 22.4 Å². The predicted molar refractivity (Wildman–Crippen MR) is 123 cm³/mol. The van der Waals surface area contributed by atoms with Crippen molar-refractivity contribution in [3.05, 3.63) is 60.8 Å². The molecule has 0 saturated heterocycles. The highest BCUT2D eigenvalue weighted by molar-refractivity contribution is 7.92. The maximum Gasteiger partial charge on any atom is 0.357 e. The van der Waals surface area contributed by atoms with Crippen LogP contribution in [0.5, 0.6) is 0 Å². The van der Waals surface area contributed by atoms with E-state index in [2.05, 4.69) is 67.7 Å². The Bertz CT molecular complexity index is 518. The fourth-order valence-corrected chi connectivity index (χ4v) is 3.86. The number of hydrogen-bond donors (Lipinski definition) is 1. The van der Waals surface area contributed by atoms with E-state index in [0.717, 1.165) is 51.4 Å². The maximum absolute atomic E-state index is 11.9. The molecule has 0 bridgehead atoms. The molecule has 0 fully saturated rings. The van der Waals surface area contributed by atoms with E-state index in [9.17, 15) is 9.35 Å². The van der Waals surface area contributed by atoms with Crippen LogP contribution in [-0.4, -0.2) is 26.6 Å². The molecule has 2 atom stereocenters. The van der Waals surface area contributed by atoms with Gasteiger partial charge in [-0.2, -0.15) is 0 Å². The second kappa shape index (κ2) is 20.2. The summed E-state index contributed by atoms with van der Waals surface area (Å²) in [4.78, 5) is 10.9. The second-order valence-electron chi connectivity index (χ2n) is 6.52. The highest BCUT2D eigenvalue weighted by atomic mass is 32.2. The van der Waals surface area contributed by atoms with E-state index in [1.807, 2.05) is 0 Å². The first-order valence-corrected chi connectivity index (χ1v) is 11.9. The third-order valence-electron chi connectivity index (χ3n) is 4.09. The van der Waals surface area contributed by atoms with Gasteiger partial charge in [0.15, 0.2) is 0 Å². The summed E-state index contributed by atoms with van der Waals surface area (Å²) in [5, 5.41) is 8.26. The number of allylic oxidation sites excluding steroid dienone is 10. The molecular formula is C24H38O3S. The Morgan fingerprint density at radius 1 is 0.821 bits per heavy atom. The van der Waals surface area contributed by atoms with Crippen molar-refractivity contribution in [2.24, 2.45) is 0 Å². The average molecular weight is 407 g/mol. The van der Waals surface area contributed by atoms with Crippen LogP contribution in [0.4, 0.5) is 0 Å². The molecule has 0 aliphatic carbocycles. The largest absolute Gasteiger partial charge is 0.616 e. The van der Waals surface area contributed by atoms with Gasteiger partial charge < -0.3 is 9.66 Å². The Morgan fingerprint density at radius 2 is 1.29 bits per heavy atom. The zero-order valence-corrected chi connectivity index (χ0v) is 18.4. The average Bonchev–Trinajstić information content (AvgIpc) is 2.67. The summed E-state index contributed by atoms with van der Waals surface area (Å²) < 4.78 is 11.9. The van der Waals surface area contributed by atoms with Crippen LogP contribution in [-0.2, 0) is 16.0 Å². The van der Waals surface area contributed by atoms with Crippen LogP contribution in [0, 0.1) is 0 Å². The molecule has 28 heavy (non-hydrogen) atoms. The SMILES string of the molecule is CC/C=C\C/C=C\C/C=C\C/C=C\C/C=C\CCCC[S+]([O-])C(CC)C(=O)O. The van der Waals surface area contributed by atoms with Crippen LogP contribution in [0.1, 0.15) is 71.6 Å². The van der Waals surface area contributed by atoms with Gasteiger partial charge in [0, 0.05) is 6.42 Å². The lowest BCUT2D eigenvalue weighted by Crippen LogP contribution is -2.31. The van der Waals surface area contributed by atoms with Crippen LogP contribution in [0.25, 0.3) is 0 Å². The zero-order chi connectivity index (χ0) is 20.9. The van der Waals surface area contributed by atoms with Crippen molar-refractivity contribution in [2.75, 3.05) is 5.75 Å². The minimum Gasteiger partial charge on any atom is -0.616 e. The number of carboxylic acids is 1. The molecule has 0 radical (unpaired) electrons. The topological polar surface area (TPSA) is 60.4 Å². The molecule has 0 aromatic rings. The highest BCUT2D eigenvalue weighted by Crippen LogP contribution is 2.11. The van der Waals surface area contributed by atoms with Gasteiger partial charge in [-0.05, 0) is 62.5 Å². The van der Waals surface area contributed by atoms with Gasteiger partial charge >= 0.3 is 5.97 Å². The summed E-state index contributed by atoms with van der Waals surface area (Å²) >= 11 is -1.25. The number of unbranched alkanes of at least 4 members (excludes halogenated alkanes) is 2. The Balaban J connectivity index is 3.62. The van der Waals surface area contributed by atoms with Crippen LogP contribution in [0.3, 0.4) is 0 Å². The fraction of sp³-hybridized carbons (Fsp3) is 0.542. The lowest BCUT2D eigenvalue weighted by Gasteiger charge is -2.16. The van der Waals surface area contributed by atoms with Gasteiger partial charge in [-0.15, -0.1) is 0 Å². The molecule has 0 aliphatic heterocycles. The van der Waals surface area contributed by atoms with E-state index in [0.29, 0.717) is 12.2 Å². The third-order valence-corrected chi connectivity index (χ3v) is 5.95. The summed E-state index contributed by atoms with van der Waals surface area (Å²) in [5.41, 5.74) is 0. The number of aliphatic carboxylic acids is 1. The quantitative estimate of drug-likeness (QED) is 0.170. The molecule has 2 unspecified atom stereocenters. The van der Waals surface area contributed by atoms with E-state index in [-0.39, 0.29) is 0 Å². The summed E-state index contributed by atoms with van der Waals surface area (Å²) in [7, 11) is 0. The second-order valence-corrected chi connectivity index (χ2v) is 8.26. The van der Waals surface area contributed by atoms with Crippen molar-refractivity contribution in [2.45, 2.75) is 76.9 Å². The van der Waals surface area contributed by atoms with Crippen molar-refractivity contribution in [1.82, 2.24) is 0 Å². The summed E-state index contributed by atoms with van der Waals surface area (Å²) in [5.74, 6) is -0.464. The Hall–Kier alpha value is -1.52. The summed E-state index contributed by atoms with van der Waals surface area (Å²) in [6.45, 7) is 3.92. The number of rotatable bonds is 17. The van der Waals surface area contributed by atoms with Gasteiger partial charge in [-0.25, -0.2) is 4.79 Å². The Morgan fingerprint density at radius 3 is 1.71 bits per heavy atom. The highest BCUT2D eigenvalue weighted by Gasteiger charge is 2.27. The summed E-state index contributed by atoms with van der Waals surface area (Å²) in [6.07, 6.45) is 29.9. The lowest BCUT2D eigenvalue weighted by atomic mass is 10.2. The van der Waals surface area contributed by atoms with Crippen molar-refractivity contribution < 1.29 is 14.5 Å². The third kappa shape index (κ3) is 16.6. The molecule has 0 heterocycles. The molecule has 0 amide bonds. The van der Waals surface area contributed by atoms with Gasteiger partial charge in [0.1, 0.15) is 5.75 Å². The maximum atomic E-state index is 11.9. The van der Waals surface area contributed by atoms with Gasteiger partial charge in [-0.1, -0.05) is 74.6 Å². The van der Waals surface area contributed by atoms with Crippen LogP contribution in [0.2, 0.25) is 0 Å². The van der Waals surface area contributed by atoms with E-state index >= 15 is 0 Å². The van der Waals surface area contributed by atoms with Crippen LogP contribution < -0.4 is 0 Å². The molecule has 4 heteroatoms. The van der Waals surface area contributed by atoms with Crippen LogP contribution in [0.15, 0.2) is 60.8 Å². The minimum absolute atomic E-state index is 0.427. The fourth-order valence-electron chi connectivity index (χ4n) is 2.49.